The van der Waals surface area contributed by atoms with Gasteiger partial charge in [-0.1, -0.05) is 54.6 Å². The first-order chi connectivity index (χ1) is 14.2. The molecule has 0 spiro atoms. The molecule has 4 rings (SSSR count). The lowest BCUT2D eigenvalue weighted by molar-refractivity contribution is 0.0706. The number of hydrogen-bond acceptors (Lipinski definition) is 3. The smallest absolute Gasteiger partial charge is 0.259 e. The van der Waals surface area contributed by atoms with Crippen molar-refractivity contribution in [2.24, 2.45) is 0 Å². The number of hydrogen-bond donors (Lipinski definition) is 0. The zero-order valence-electron chi connectivity index (χ0n) is 16.7. The average molecular weight is 388 g/mol. The van der Waals surface area contributed by atoms with E-state index in [4.69, 9.17) is 4.74 Å². The molecular weight excluding hydrogens is 364 g/mol. The second-order valence-corrected chi connectivity index (χ2v) is 7.11. The fraction of sp³-hybridized carbons (Fsp3) is 0.250. The summed E-state index contributed by atoms with van der Waals surface area (Å²) in [5.41, 5.74) is 4.58. The Balaban J connectivity index is 1.93. The Kier molecular flexibility index (Phi) is 5.32. The van der Waals surface area contributed by atoms with Crippen LogP contribution < -0.4 is 5.56 Å². The summed E-state index contributed by atoms with van der Waals surface area (Å²) in [6.07, 6.45) is 0. The number of nitrogens with zero attached hydrogens (tertiary/aromatic N) is 2. The van der Waals surface area contributed by atoms with Gasteiger partial charge in [0.1, 0.15) is 0 Å². The first kappa shape index (κ1) is 19.2. The van der Waals surface area contributed by atoms with Crippen molar-refractivity contribution in [3.05, 3.63) is 82.1 Å². The summed E-state index contributed by atoms with van der Waals surface area (Å²) in [4.78, 5) is 28.6. The highest BCUT2D eigenvalue weighted by Gasteiger charge is 2.29. The van der Waals surface area contributed by atoms with Gasteiger partial charge in [-0.3, -0.25) is 9.59 Å². The van der Waals surface area contributed by atoms with Crippen LogP contribution in [-0.2, 0) is 11.3 Å². The zero-order valence-corrected chi connectivity index (χ0v) is 16.7. The molecule has 5 heteroatoms. The van der Waals surface area contributed by atoms with Crippen molar-refractivity contribution in [1.29, 1.82) is 0 Å². The number of carbonyl (C=O) groups is 1. The summed E-state index contributed by atoms with van der Waals surface area (Å²) in [6, 6.07) is 19.2. The summed E-state index contributed by atoms with van der Waals surface area (Å²) in [7, 11) is 1.63. The summed E-state index contributed by atoms with van der Waals surface area (Å²) in [5, 5.41) is 0. The zero-order chi connectivity index (χ0) is 20.4. The van der Waals surface area contributed by atoms with E-state index in [-0.39, 0.29) is 11.5 Å². The Bertz CT molecular complexity index is 1100. The van der Waals surface area contributed by atoms with Crippen LogP contribution in [0.5, 0.6) is 0 Å². The van der Waals surface area contributed by atoms with Crippen molar-refractivity contribution >= 4 is 5.91 Å². The van der Waals surface area contributed by atoms with Crippen molar-refractivity contribution in [1.82, 2.24) is 9.47 Å². The molecule has 0 aliphatic carbocycles. The maximum Gasteiger partial charge on any atom is 0.259 e. The normalized spacial score (nSPS) is 11.8. The number of aromatic nitrogens is 1. The van der Waals surface area contributed by atoms with Crippen molar-refractivity contribution in [2.45, 2.75) is 13.5 Å². The Morgan fingerprint density at radius 2 is 1.79 bits per heavy atom. The van der Waals surface area contributed by atoms with Gasteiger partial charge in [-0.15, -0.1) is 0 Å². The van der Waals surface area contributed by atoms with E-state index in [0.717, 1.165) is 16.7 Å². The molecule has 0 N–H and O–H groups in total. The molecule has 148 valence electrons. The van der Waals surface area contributed by atoms with Gasteiger partial charge in [0, 0.05) is 31.3 Å². The van der Waals surface area contributed by atoms with Crippen LogP contribution >= 0.6 is 0 Å². The third-order valence-corrected chi connectivity index (χ3v) is 5.44. The Morgan fingerprint density at radius 3 is 2.52 bits per heavy atom. The molecule has 0 saturated heterocycles. The van der Waals surface area contributed by atoms with Gasteiger partial charge in [0.25, 0.3) is 11.5 Å². The van der Waals surface area contributed by atoms with Crippen molar-refractivity contribution in [3.63, 3.8) is 0 Å². The van der Waals surface area contributed by atoms with Crippen LogP contribution in [0.2, 0.25) is 0 Å². The SMILES string of the molecule is CCN(CCOC)C(=O)c1cc(-c2ccccc2)c(=O)n2c1-c1ccccc1C2. The first-order valence-corrected chi connectivity index (χ1v) is 9.85. The molecule has 0 saturated carbocycles. The molecule has 1 aromatic heterocycles. The van der Waals surface area contributed by atoms with E-state index in [1.165, 1.54) is 0 Å². The number of likely N-dealkylation sites (N-methyl/N-ethyl adjacent to an activating group) is 1. The molecule has 2 aromatic carbocycles. The minimum atomic E-state index is -0.0813. The van der Waals surface area contributed by atoms with E-state index in [2.05, 4.69) is 0 Å². The molecule has 0 radical (unpaired) electrons. The fourth-order valence-electron chi connectivity index (χ4n) is 3.93. The highest BCUT2D eigenvalue weighted by Crippen LogP contribution is 2.35. The summed E-state index contributed by atoms with van der Waals surface area (Å²) in [5.74, 6) is -0.0813. The van der Waals surface area contributed by atoms with Crippen LogP contribution in [0.25, 0.3) is 22.4 Å². The third kappa shape index (κ3) is 3.38. The molecule has 29 heavy (non-hydrogen) atoms. The molecule has 0 atom stereocenters. The summed E-state index contributed by atoms with van der Waals surface area (Å²) in [6.45, 7) is 3.98. The molecule has 0 unspecified atom stereocenters. The van der Waals surface area contributed by atoms with Gasteiger partial charge in [-0.25, -0.2) is 0 Å². The van der Waals surface area contributed by atoms with Crippen LogP contribution in [-0.4, -0.2) is 42.2 Å². The number of pyridine rings is 1. The van der Waals surface area contributed by atoms with Crippen molar-refractivity contribution in [2.75, 3.05) is 26.8 Å². The van der Waals surface area contributed by atoms with Gasteiger partial charge in [-0.05, 0) is 24.1 Å². The number of fused-ring (bicyclic) bond motifs is 3. The molecule has 5 nitrogen and oxygen atoms in total. The lowest BCUT2D eigenvalue weighted by Crippen LogP contribution is -2.35. The van der Waals surface area contributed by atoms with Crippen LogP contribution in [0.15, 0.2) is 65.5 Å². The monoisotopic (exact) mass is 388 g/mol. The Morgan fingerprint density at radius 1 is 1.07 bits per heavy atom. The largest absolute Gasteiger partial charge is 0.383 e. The molecule has 1 aliphatic heterocycles. The number of carbonyl (C=O) groups excluding carboxylic acids is 1. The van der Waals surface area contributed by atoms with E-state index in [1.807, 2.05) is 61.5 Å². The maximum atomic E-state index is 13.5. The van der Waals surface area contributed by atoms with Crippen molar-refractivity contribution in [3.8, 4) is 22.4 Å². The second-order valence-electron chi connectivity index (χ2n) is 7.11. The van der Waals surface area contributed by atoms with Gasteiger partial charge in [0.2, 0.25) is 0 Å². The standard InChI is InChI=1S/C24H24N2O3/c1-3-25(13-14-29-2)23(27)21-15-20(17-9-5-4-6-10-17)24(28)26-16-18-11-7-8-12-19(18)22(21)26/h4-12,15H,3,13-14,16H2,1-2H3. The van der Waals surface area contributed by atoms with E-state index in [0.29, 0.717) is 43.1 Å². The molecule has 1 aliphatic rings. The predicted octanol–water partition coefficient (Wildman–Crippen LogP) is 3.65. The Hall–Kier alpha value is -3.18. The highest BCUT2D eigenvalue weighted by atomic mass is 16.5. The highest BCUT2D eigenvalue weighted by molar-refractivity contribution is 6.02. The van der Waals surface area contributed by atoms with Crippen LogP contribution in [0.1, 0.15) is 22.8 Å². The summed E-state index contributed by atoms with van der Waals surface area (Å²) >= 11 is 0. The third-order valence-electron chi connectivity index (χ3n) is 5.44. The van der Waals surface area contributed by atoms with Crippen LogP contribution in [0.4, 0.5) is 0 Å². The van der Waals surface area contributed by atoms with Crippen molar-refractivity contribution < 1.29 is 9.53 Å². The lowest BCUT2D eigenvalue weighted by Gasteiger charge is -2.23. The van der Waals surface area contributed by atoms with Gasteiger partial charge in [-0.2, -0.15) is 0 Å². The number of ether oxygens (including phenoxy) is 1. The number of methoxy groups -OCH3 is 1. The molecule has 0 fully saturated rings. The molecular formula is C24H24N2O3. The van der Waals surface area contributed by atoms with E-state index in [9.17, 15) is 9.59 Å². The molecule has 3 aromatic rings. The second kappa shape index (κ2) is 8.05. The lowest BCUT2D eigenvalue weighted by atomic mass is 9.99. The average Bonchev–Trinajstić information content (AvgIpc) is 3.15. The number of amides is 1. The van der Waals surface area contributed by atoms with Crippen LogP contribution in [0.3, 0.4) is 0 Å². The van der Waals surface area contributed by atoms with Gasteiger partial charge >= 0.3 is 0 Å². The Labute approximate surface area is 170 Å². The molecule has 1 amide bonds. The number of rotatable bonds is 6. The predicted molar refractivity (Wildman–Crippen MR) is 114 cm³/mol. The quantitative estimate of drug-likeness (QED) is 0.507. The number of benzene rings is 2. The van der Waals surface area contributed by atoms with Crippen LogP contribution in [0, 0.1) is 0 Å². The minimum Gasteiger partial charge on any atom is -0.383 e. The van der Waals surface area contributed by atoms with Gasteiger partial charge < -0.3 is 14.2 Å². The van der Waals surface area contributed by atoms with E-state index < -0.39 is 0 Å². The minimum absolute atomic E-state index is 0.0705. The van der Waals surface area contributed by atoms with E-state index in [1.54, 1.807) is 22.6 Å². The van der Waals surface area contributed by atoms with E-state index >= 15 is 0 Å². The first-order valence-electron chi connectivity index (χ1n) is 9.85. The molecule has 2 heterocycles. The van der Waals surface area contributed by atoms with Gasteiger partial charge in [0.15, 0.2) is 0 Å². The van der Waals surface area contributed by atoms with Gasteiger partial charge in [0.05, 0.1) is 24.4 Å². The fourth-order valence-corrected chi connectivity index (χ4v) is 3.93. The molecule has 0 bridgehead atoms. The topological polar surface area (TPSA) is 51.5 Å². The summed E-state index contributed by atoms with van der Waals surface area (Å²) < 4.78 is 6.91. The maximum absolute atomic E-state index is 13.5.